The zero-order valence-electron chi connectivity index (χ0n) is 10.2. The molecule has 3 nitrogen and oxygen atoms in total. The normalized spacial score (nSPS) is 18.2. The minimum absolute atomic E-state index is 0.700. The molecular formula is C14H16N2OS. The number of hydrogen-bond acceptors (Lipinski definition) is 4. The second-order valence-electron chi connectivity index (χ2n) is 5.19. The van der Waals surface area contributed by atoms with Crippen molar-refractivity contribution in [2.24, 2.45) is 0 Å². The van der Waals surface area contributed by atoms with Gasteiger partial charge in [0.05, 0.1) is 17.6 Å². The molecule has 0 amide bonds. The van der Waals surface area contributed by atoms with Gasteiger partial charge in [0.15, 0.2) is 5.76 Å². The van der Waals surface area contributed by atoms with Crippen molar-refractivity contribution in [2.75, 3.05) is 0 Å². The Morgan fingerprint density at radius 3 is 3.17 bits per heavy atom. The third kappa shape index (κ3) is 1.99. The summed E-state index contributed by atoms with van der Waals surface area (Å²) in [7, 11) is 0. The summed E-state index contributed by atoms with van der Waals surface area (Å²) >= 11 is 1.87. The minimum atomic E-state index is 0.700. The van der Waals surface area contributed by atoms with Crippen molar-refractivity contribution in [1.29, 1.82) is 0 Å². The number of hydrogen-bond donors (Lipinski definition) is 1. The number of oxazole rings is 1. The molecule has 0 aromatic carbocycles. The molecule has 1 saturated carbocycles. The van der Waals surface area contributed by atoms with Crippen LogP contribution in [0.15, 0.2) is 16.7 Å². The van der Waals surface area contributed by atoms with Gasteiger partial charge < -0.3 is 9.73 Å². The monoisotopic (exact) mass is 260 g/mol. The maximum atomic E-state index is 5.82. The Kier molecular flexibility index (Phi) is 2.52. The lowest BCUT2D eigenvalue weighted by atomic mass is 10.2. The van der Waals surface area contributed by atoms with E-state index in [9.17, 15) is 0 Å². The standard InChI is InChI=1S/C14H16N2OS/c1-2-9-6-13(18-12(9)3-1)11-7-16-14(17-11)8-15-10-4-5-10/h6-7,10,15H,1-5,8H2. The Morgan fingerprint density at radius 1 is 1.39 bits per heavy atom. The van der Waals surface area contributed by atoms with Crippen LogP contribution in [0.2, 0.25) is 0 Å². The smallest absolute Gasteiger partial charge is 0.208 e. The molecule has 2 aliphatic carbocycles. The van der Waals surface area contributed by atoms with Crippen molar-refractivity contribution in [3.05, 3.63) is 28.6 Å². The molecule has 2 aromatic heterocycles. The van der Waals surface area contributed by atoms with Crippen molar-refractivity contribution in [1.82, 2.24) is 10.3 Å². The SMILES string of the molecule is c1nc(CNC2CC2)oc1-c1cc2c(s1)CCC2. The third-order valence-electron chi connectivity index (χ3n) is 3.66. The molecule has 0 aliphatic heterocycles. The second kappa shape index (κ2) is 4.21. The molecule has 4 rings (SSSR count). The molecule has 0 radical (unpaired) electrons. The Bertz CT molecular complexity index is 547. The van der Waals surface area contributed by atoms with E-state index in [1.165, 1.54) is 42.5 Å². The maximum Gasteiger partial charge on any atom is 0.208 e. The average molecular weight is 260 g/mol. The fraction of sp³-hybridized carbons (Fsp3) is 0.500. The van der Waals surface area contributed by atoms with E-state index in [1.54, 1.807) is 4.88 Å². The number of thiophene rings is 1. The second-order valence-corrected chi connectivity index (χ2v) is 6.32. The minimum Gasteiger partial charge on any atom is -0.438 e. The lowest BCUT2D eigenvalue weighted by molar-refractivity contribution is 0.477. The lowest BCUT2D eigenvalue weighted by Gasteiger charge is -1.96. The predicted molar refractivity (Wildman–Crippen MR) is 71.7 cm³/mol. The number of nitrogens with one attached hydrogen (secondary N) is 1. The van der Waals surface area contributed by atoms with Gasteiger partial charge in [-0.15, -0.1) is 11.3 Å². The van der Waals surface area contributed by atoms with E-state index in [0.717, 1.165) is 18.2 Å². The van der Waals surface area contributed by atoms with Crippen LogP contribution < -0.4 is 5.32 Å². The third-order valence-corrected chi connectivity index (χ3v) is 4.91. The molecule has 94 valence electrons. The van der Waals surface area contributed by atoms with Gasteiger partial charge in [-0.25, -0.2) is 4.98 Å². The molecule has 1 N–H and O–H groups in total. The van der Waals surface area contributed by atoms with Crippen LogP contribution in [-0.4, -0.2) is 11.0 Å². The highest BCUT2D eigenvalue weighted by Gasteiger charge is 2.21. The summed E-state index contributed by atoms with van der Waals surface area (Å²) in [6.07, 6.45) is 8.25. The van der Waals surface area contributed by atoms with Gasteiger partial charge in [-0.2, -0.15) is 0 Å². The van der Waals surface area contributed by atoms with Crippen LogP contribution in [0.3, 0.4) is 0 Å². The highest BCUT2D eigenvalue weighted by atomic mass is 32.1. The summed E-state index contributed by atoms with van der Waals surface area (Å²) in [5.74, 6) is 1.74. The van der Waals surface area contributed by atoms with Gasteiger partial charge in [-0.1, -0.05) is 0 Å². The van der Waals surface area contributed by atoms with Crippen LogP contribution in [0.25, 0.3) is 10.6 Å². The van der Waals surface area contributed by atoms with E-state index in [2.05, 4.69) is 16.4 Å². The fourth-order valence-electron chi connectivity index (χ4n) is 2.48. The Labute approximate surface area is 110 Å². The molecule has 0 saturated heterocycles. The van der Waals surface area contributed by atoms with E-state index in [0.29, 0.717) is 6.04 Å². The highest BCUT2D eigenvalue weighted by molar-refractivity contribution is 7.15. The summed E-state index contributed by atoms with van der Waals surface area (Å²) in [4.78, 5) is 7.13. The molecule has 2 aromatic rings. The molecule has 0 atom stereocenters. The summed E-state index contributed by atoms with van der Waals surface area (Å²) < 4.78 is 5.82. The van der Waals surface area contributed by atoms with E-state index < -0.39 is 0 Å². The molecule has 18 heavy (non-hydrogen) atoms. The maximum absolute atomic E-state index is 5.82. The quantitative estimate of drug-likeness (QED) is 0.917. The van der Waals surface area contributed by atoms with Crippen LogP contribution in [0, 0.1) is 0 Å². The lowest BCUT2D eigenvalue weighted by Crippen LogP contribution is -2.15. The summed E-state index contributed by atoms with van der Waals surface area (Å²) in [5, 5.41) is 3.42. The van der Waals surface area contributed by atoms with Gasteiger partial charge in [0.25, 0.3) is 0 Å². The Balaban J connectivity index is 1.52. The van der Waals surface area contributed by atoms with E-state index in [1.807, 2.05) is 17.5 Å². The summed E-state index contributed by atoms with van der Waals surface area (Å²) in [5.41, 5.74) is 1.52. The summed E-state index contributed by atoms with van der Waals surface area (Å²) in [6.45, 7) is 0.760. The first-order chi connectivity index (χ1) is 8.88. The van der Waals surface area contributed by atoms with Gasteiger partial charge in [-0.3, -0.25) is 0 Å². The predicted octanol–water partition coefficient (Wildman–Crippen LogP) is 3.14. The van der Waals surface area contributed by atoms with Crippen LogP contribution in [-0.2, 0) is 19.4 Å². The van der Waals surface area contributed by atoms with Crippen LogP contribution in [0.1, 0.15) is 35.6 Å². The number of fused-ring (bicyclic) bond motifs is 1. The van der Waals surface area contributed by atoms with Crippen LogP contribution in [0.5, 0.6) is 0 Å². The van der Waals surface area contributed by atoms with E-state index >= 15 is 0 Å². The largest absolute Gasteiger partial charge is 0.438 e. The van der Waals surface area contributed by atoms with Crippen molar-refractivity contribution >= 4 is 11.3 Å². The van der Waals surface area contributed by atoms with Crippen LogP contribution >= 0.6 is 11.3 Å². The van der Waals surface area contributed by atoms with E-state index in [4.69, 9.17) is 4.42 Å². The molecule has 2 heterocycles. The molecule has 0 bridgehead atoms. The molecular weight excluding hydrogens is 244 g/mol. The number of nitrogens with zero attached hydrogens (tertiary/aromatic N) is 1. The number of aromatic nitrogens is 1. The van der Waals surface area contributed by atoms with Gasteiger partial charge in [0.2, 0.25) is 5.89 Å². The van der Waals surface area contributed by atoms with E-state index in [-0.39, 0.29) is 0 Å². The zero-order chi connectivity index (χ0) is 11.9. The van der Waals surface area contributed by atoms with Crippen LogP contribution in [0.4, 0.5) is 0 Å². The first-order valence-electron chi connectivity index (χ1n) is 6.68. The Morgan fingerprint density at radius 2 is 2.33 bits per heavy atom. The zero-order valence-corrected chi connectivity index (χ0v) is 11.1. The average Bonchev–Trinajstić information content (AvgIpc) is 2.79. The Hall–Kier alpha value is -1.13. The molecule has 0 spiro atoms. The first kappa shape index (κ1) is 10.8. The number of aryl methyl sites for hydroxylation is 2. The van der Waals surface area contributed by atoms with Gasteiger partial charge in [0.1, 0.15) is 0 Å². The van der Waals surface area contributed by atoms with Crippen molar-refractivity contribution in [3.63, 3.8) is 0 Å². The fourth-order valence-corrected chi connectivity index (χ4v) is 3.68. The van der Waals surface area contributed by atoms with Gasteiger partial charge >= 0.3 is 0 Å². The van der Waals surface area contributed by atoms with Crippen molar-refractivity contribution in [2.45, 2.75) is 44.7 Å². The molecule has 0 unspecified atom stereocenters. The van der Waals surface area contributed by atoms with Gasteiger partial charge in [-0.05, 0) is 43.7 Å². The van der Waals surface area contributed by atoms with Crippen molar-refractivity contribution in [3.8, 4) is 10.6 Å². The topological polar surface area (TPSA) is 38.1 Å². The van der Waals surface area contributed by atoms with Gasteiger partial charge in [0, 0.05) is 10.9 Å². The van der Waals surface area contributed by atoms with Crippen molar-refractivity contribution < 1.29 is 4.42 Å². The molecule has 1 fully saturated rings. The molecule has 2 aliphatic rings. The number of rotatable bonds is 4. The summed E-state index contributed by atoms with van der Waals surface area (Å²) in [6, 6.07) is 2.98. The molecule has 4 heteroatoms. The first-order valence-corrected chi connectivity index (χ1v) is 7.50. The highest BCUT2D eigenvalue weighted by Crippen LogP contribution is 2.36.